The Labute approximate surface area is 114 Å². The first kappa shape index (κ1) is 15.2. The van der Waals surface area contributed by atoms with E-state index in [2.05, 4.69) is 14.9 Å². The van der Waals surface area contributed by atoms with E-state index in [1.807, 2.05) is 0 Å². The molecule has 2 rings (SSSR count). The van der Waals surface area contributed by atoms with Crippen LogP contribution >= 0.6 is 0 Å². The zero-order chi connectivity index (χ0) is 14.6. The Hall–Kier alpha value is -1.15. The Morgan fingerprint density at radius 1 is 1.25 bits per heavy atom. The number of alkyl halides is 3. The highest BCUT2D eigenvalue weighted by molar-refractivity contribution is 4.97. The van der Waals surface area contributed by atoms with Crippen LogP contribution in [0.2, 0.25) is 0 Å². The number of nitrogens with two attached hydrogens (primary N) is 1. The third-order valence-corrected chi connectivity index (χ3v) is 3.34. The van der Waals surface area contributed by atoms with Gasteiger partial charge in [0.1, 0.15) is 6.61 Å². The summed E-state index contributed by atoms with van der Waals surface area (Å²) >= 11 is 0. The Bertz CT molecular complexity index is 414. The van der Waals surface area contributed by atoms with Gasteiger partial charge in [-0.05, 0) is 25.7 Å². The van der Waals surface area contributed by atoms with Gasteiger partial charge < -0.3 is 15.0 Å². The van der Waals surface area contributed by atoms with Crippen molar-refractivity contribution in [1.82, 2.24) is 10.1 Å². The second-order valence-electron chi connectivity index (χ2n) is 5.08. The zero-order valence-corrected chi connectivity index (χ0v) is 11.0. The number of hydrogen-bond acceptors (Lipinski definition) is 5. The summed E-state index contributed by atoms with van der Waals surface area (Å²) in [6.45, 7) is -1.33. The van der Waals surface area contributed by atoms with E-state index in [1.54, 1.807) is 0 Å². The molecule has 1 aromatic heterocycles. The third-order valence-electron chi connectivity index (χ3n) is 3.34. The summed E-state index contributed by atoms with van der Waals surface area (Å²) in [7, 11) is 0. The molecular weight excluding hydrogens is 275 g/mol. The predicted molar refractivity (Wildman–Crippen MR) is 64.1 cm³/mol. The Kier molecular flexibility index (Phi) is 4.98. The first-order valence-corrected chi connectivity index (χ1v) is 6.66. The van der Waals surface area contributed by atoms with Gasteiger partial charge in [-0.15, -0.1) is 0 Å². The van der Waals surface area contributed by atoms with Crippen LogP contribution in [0.1, 0.15) is 43.3 Å². The average Bonchev–Trinajstić information content (AvgIpc) is 2.83. The quantitative estimate of drug-likeness (QED) is 0.842. The van der Waals surface area contributed by atoms with Gasteiger partial charge in [0.2, 0.25) is 5.89 Å². The van der Waals surface area contributed by atoms with Crippen molar-refractivity contribution in [2.45, 2.75) is 50.2 Å². The minimum absolute atomic E-state index is 0.0754. The van der Waals surface area contributed by atoms with Gasteiger partial charge in [-0.3, -0.25) is 0 Å². The first-order valence-electron chi connectivity index (χ1n) is 6.66. The Morgan fingerprint density at radius 2 is 1.95 bits per heavy atom. The van der Waals surface area contributed by atoms with E-state index in [0.717, 1.165) is 25.7 Å². The minimum atomic E-state index is -4.30. The number of ether oxygens (including phenoxy) is 1. The van der Waals surface area contributed by atoms with Gasteiger partial charge in [0.05, 0.1) is 6.61 Å². The Morgan fingerprint density at radius 3 is 2.60 bits per heavy atom. The van der Waals surface area contributed by atoms with E-state index in [1.165, 1.54) is 0 Å². The van der Waals surface area contributed by atoms with Crippen LogP contribution in [0.15, 0.2) is 4.52 Å². The fraction of sp³-hybridized carbons (Fsp3) is 0.833. The van der Waals surface area contributed by atoms with E-state index in [0.29, 0.717) is 11.7 Å². The van der Waals surface area contributed by atoms with Crippen LogP contribution in [0.4, 0.5) is 13.2 Å². The van der Waals surface area contributed by atoms with E-state index in [-0.39, 0.29) is 25.0 Å². The van der Waals surface area contributed by atoms with Crippen LogP contribution in [-0.4, -0.2) is 35.6 Å². The van der Waals surface area contributed by atoms with Gasteiger partial charge in [-0.2, -0.15) is 18.2 Å². The SMILES string of the molecule is NC1CCC(c2nc(CCOCC(F)(F)F)no2)CC1. The molecule has 1 fully saturated rings. The number of rotatable bonds is 5. The molecule has 0 aromatic carbocycles. The molecule has 8 heteroatoms. The summed E-state index contributed by atoms with van der Waals surface area (Å²) in [5.74, 6) is 1.16. The first-order chi connectivity index (χ1) is 9.44. The molecular formula is C12H18F3N3O2. The molecule has 0 saturated heterocycles. The largest absolute Gasteiger partial charge is 0.411 e. The van der Waals surface area contributed by atoms with Crippen molar-refractivity contribution in [3.63, 3.8) is 0 Å². The van der Waals surface area contributed by atoms with Crippen molar-refractivity contribution in [3.8, 4) is 0 Å². The van der Waals surface area contributed by atoms with Gasteiger partial charge in [0, 0.05) is 18.4 Å². The predicted octanol–water partition coefficient (Wildman–Crippen LogP) is 2.18. The molecule has 1 aliphatic carbocycles. The lowest BCUT2D eigenvalue weighted by molar-refractivity contribution is -0.173. The van der Waals surface area contributed by atoms with Crippen LogP contribution in [-0.2, 0) is 11.2 Å². The van der Waals surface area contributed by atoms with Crippen molar-refractivity contribution in [1.29, 1.82) is 0 Å². The van der Waals surface area contributed by atoms with Crippen molar-refractivity contribution < 1.29 is 22.4 Å². The van der Waals surface area contributed by atoms with Crippen LogP contribution in [0.25, 0.3) is 0 Å². The fourth-order valence-electron chi connectivity index (χ4n) is 2.25. The van der Waals surface area contributed by atoms with Crippen molar-refractivity contribution in [3.05, 3.63) is 11.7 Å². The highest BCUT2D eigenvalue weighted by atomic mass is 19.4. The van der Waals surface area contributed by atoms with Gasteiger partial charge in [-0.1, -0.05) is 5.16 Å². The summed E-state index contributed by atoms with van der Waals surface area (Å²) in [6, 6.07) is 0.240. The standard InChI is InChI=1S/C12H18F3N3O2/c13-12(14,15)7-19-6-5-10-17-11(20-18-10)8-1-3-9(16)4-2-8/h8-9H,1-7,16H2. The third kappa shape index (κ3) is 4.75. The van der Waals surface area contributed by atoms with E-state index >= 15 is 0 Å². The maximum absolute atomic E-state index is 11.9. The molecule has 2 N–H and O–H groups in total. The molecule has 0 unspecified atom stereocenters. The lowest BCUT2D eigenvalue weighted by atomic mass is 9.86. The maximum Gasteiger partial charge on any atom is 0.411 e. The zero-order valence-electron chi connectivity index (χ0n) is 11.0. The summed E-state index contributed by atoms with van der Waals surface area (Å²) in [5.41, 5.74) is 5.82. The molecule has 20 heavy (non-hydrogen) atoms. The summed E-state index contributed by atoms with van der Waals surface area (Å²) < 4.78 is 45.3. The van der Waals surface area contributed by atoms with Crippen LogP contribution in [0, 0.1) is 0 Å². The molecule has 1 aromatic rings. The molecule has 0 bridgehead atoms. The van der Waals surface area contributed by atoms with E-state index in [4.69, 9.17) is 10.3 Å². The maximum atomic E-state index is 11.9. The van der Waals surface area contributed by atoms with Crippen molar-refractivity contribution in [2.75, 3.05) is 13.2 Å². The molecule has 114 valence electrons. The summed E-state index contributed by atoms with van der Waals surface area (Å²) in [4.78, 5) is 4.21. The minimum Gasteiger partial charge on any atom is -0.372 e. The lowest BCUT2D eigenvalue weighted by Crippen LogP contribution is -2.25. The van der Waals surface area contributed by atoms with Crippen LogP contribution in [0.3, 0.4) is 0 Å². The van der Waals surface area contributed by atoms with E-state index < -0.39 is 12.8 Å². The number of aromatic nitrogens is 2. The molecule has 0 spiro atoms. The van der Waals surface area contributed by atoms with Gasteiger partial charge in [0.15, 0.2) is 5.82 Å². The molecule has 0 aliphatic heterocycles. The van der Waals surface area contributed by atoms with Crippen molar-refractivity contribution >= 4 is 0 Å². The molecule has 1 aliphatic rings. The molecule has 0 amide bonds. The topological polar surface area (TPSA) is 74.2 Å². The Balaban J connectivity index is 1.75. The average molecular weight is 293 g/mol. The molecule has 5 nitrogen and oxygen atoms in total. The lowest BCUT2D eigenvalue weighted by Gasteiger charge is -2.22. The fourth-order valence-corrected chi connectivity index (χ4v) is 2.25. The molecule has 1 saturated carbocycles. The number of halogens is 3. The normalized spacial score (nSPS) is 24.0. The highest BCUT2D eigenvalue weighted by Gasteiger charge is 2.27. The second-order valence-corrected chi connectivity index (χ2v) is 5.08. The van der Waals surface area contributed by atoms with E-state index in [9.17, 15) is 13.2 Å². The van der Waals surface area contributed by atoms with Gasteiger partial charge >= 0.3 is 6.18 Å². The molecule has 0 radical (unpaired) electrons. The number of hydrogen-bond donors (Lipinski definition) is 1. The summed E-state index contributed by atoms with van der Waals surface area (Å²) in [5, 5.41) is 3.77. The highest BCUT2D eigenvalue weighted by Crippen LogP contribution is 2.31. The molecule has 1 heterocycles. The monoisotopic (exact) mass is 293 g/mol. The molecule has 0 atom stereocenters. The second kappa shape index (κ2) is 6.53. The summed E-state index contributed by atoms with van der Waals surface area (Å²) in [6.07, 6.45) is -0.413. The number of nitrogens with zero attached hydrogens (tertiary/aromatic N) is 2. The van der Waals surface area contributed by atoms with Crippen LogP contribution in [0.5, 0.6) is 0 Å². The van der Waals surface area contributed by atoms with Crippen molar-refractivity contribution in [2.24, 2.45) is 5.73 Å². The smallest absolute Gasteiger partial charge is 0.372 e. The van der Waals surface area contributed by atoms with Gasteiger partial charge in [-0.25, -0.2) is 0 Å². The van der Waals surface area contributed by atoms with Gasteiger partial charge in [0.25, 0.3) is 0 Å². The van der Waals surface area contributed by atoms with Crippen LogP contribution < -0.4 is 5.73 Å².